The summed E-state index contributed by atoms with van der Waals surface area (Å²) in [6, 6.07) is 20.4. The van der Waals surface area contributed by atoms with Crippen LogP contribution in [0.1, 0.15) is 68.7 Å². The summed E-state index contributed by atoms with van der Waals surface area (Å²) in [7, 11) is 0. The van der Waals surface area contributed by atoms with E-state index in [2.05, 4.69) is 23.2 Å². The molecule has 0 bridgehead atoms. The fourth-order valence-electron chi connectivity index (χ4n) is 5.91. The van der Waals surface area contributed by atoms with Gasteiger partial charge in [0.25, 0.3) is 0 Å². The molecule has 1 fully saturated rings. The zero-order valence-electron chi connectivity index (χ0n) is 24.6. The number of nitriles is 1. The number of nitrogens with two attached hydrogens (primary N) is 1. The van der Waals surface area contributed by atoms with E-state index in [9.17, 15) is 14.0 Å². The van der Waals surface area contributed by atoms with Gasteiger partial charge in [-0.15, -0.1) is 0 Å². The predicted molar refractivity (Wildman–Crippen MR) is 163 cm³/mol. The van der Waals surface area contributed by atoms with E-state index in [0.29, 0.717) is 23.8 Å². The van der Waals surface area contributed by atoms with Gasteiger partial charge in [0.1, 0.15) is 23.1 Å². The van der Waals surface area contributed by atoms with Gasteiger partial charge in [-0.1, -0.05) is 50.6 Å². The molecule has 3 aromatic carbocycles. The first-order valence-electron chi connectivity index (χ1n) is 14.1. The van der Waals surface area contributed by atoms with Gasteiger partial charge in [-0.25, -0.2) is 4.39 Å². The van der Waals surface area contributed by atoms with E-state index in [1.165, 1.54) is 13.0 Å². The Hall–Kier alpha value is -4.12. The van der Waals surface area contributed by atoms with Crippen molar-refractivity contribution in [2.24, 2.45) is 5.73 Å². The topological polar surface area (TPSA) is 105 Å². The second-order valence-corrected chi connectivity index (χ2v) is 10.9. The van der Waals surface area contributed by atoms with Crippen LogP contribution >= 0.6 is 0 Å². The summed E-state index contributed by atoms with van der Waals surface area (Å²) >= 11 is 0. The molecule has 1 amide bonds. The second-order valence-electron chi connectivity index (χ2n) is 10.9. The van der Waals surface area contributed by atoms with Crippen LogP contribution < -0.4 is 15.8 Å². The van der Waals surface area contributed by atoms with Crippen LogP contribution in [0.4, 0.5) is 10.1 Å². The van der Waals surface area contributed by atoms with Crippen molar-refractivity contribution in [1.29, 1.82) is 5.26 Å². The molecule has 214 valence electrons. The van der Waals surface area contributed by atoms with Crippen molar-refractivity contribution in [3.8, 4) is 17.6 Å². The van der Waals surface area contributed by atoms with Gasteiger partial charge in [0.05, 0.1) is 11.6 Å². The first kappa shape index (κ1) is 31.4. The van der Waals surface area contributed by atoms with Crippen LogP contribution in [-0.2, 0) is 14.9 Å². The first-order valence-corrected chi connectivity index (χ1v) is 14.1. The Bertz CT molecular complexity index is 1410. The van der Waals surface area contributed by atoms with Gasteiger partial charge >= 0.3 is 0 Å². The lowest BCUT2D eigenvalue weighted by molar-refractivity contribution is -0.119. The van der Waals surface area contributed by atoms with Crippen molar-refractivity contribution in [1.82, 2.24) is 0 Å². The van der Waals surface area contributed by atoms with Crippen LogP contribution in [0, 0.1) is 24.1 Å². The van der Waals surface area contributed by atoms with Gasteiger partial charge in [-0.2, -0.15) is 5.26 Å². The summed E-state index contributed by atoms with van der Waals surface area (Å²) in [5.41, 5.74) is 8.73. The number of ether oxygens (including phenoxy) is 1. The highest BCUT2D eigenvalue weighted by Gasteiger charge is 2.45. The Morgan fingerprint density at radius 3 is 2.29 bits per heavy atom. The molecule has 1 aliphatic heterocycles. The molecule has 1 aliphatic rings. The number of Topliss-reactive ketones (excluding diaryl/α,β-unsaturated/α-hetero) is 1. The molecule has 1 heterocycles. The summed E-state index contributed by atoms with van der Waals surface area (Å²) in [6.45, 7) is 9.73. The third kappa shape index (κ3) is 7.55. The highest BCUT2D eigenvalue weighted by molar-refractivity contribution is 6.67. The molecule has 1 atom stereocenters. The highest BCUT2D eigenvalue weighted by atomic mass is 19.1. The maximum absolute atomic E-state index is 14.7. The van der Waals surface area contributed by atoms with E-state index in [-0.39, 0.29) is 24.2 Å². The molecule has 0 saturated carbocycles. The molecule has 0 aliphatic carbocycles. The second kappa shape index (κ2) is 14.0. The van der Waals surface area contributed by atoms with E-state index in [0.717, 1.165) is 53.6 Å². The van der Waals surface area contributed by atoms with E-state index >= 15 is 0 Å². The maximum atomic E-state index is 14.7. The molecule has 4 rings (SSSR count). The monoisotopic (exact) mass is 555 g/mol. The summed E-state index contributed by atoms with van der Waals surface area (Å²) in [4.78, 5) is 22.4. The quantitative estimate of drug-likeness (QED) is 0.287. The summed E-state index contributed by atoms with van der Waals surface area (Å²) in [5.74, 6) is 1.26. The Balaban J connectivity index is 0.00000108. The number of benzene rings is 3. The summed E-state index contributed by atoms with van der Waals surface area (Å²) in [6.07, 6.45) is 3.60. The van der Waals surface area contributed by atoms with E-state index in [1.807, 2.05) is 51.1 Å². The van der Waals surface area contributed by atoms with Gasteiger partial charge < -0.3 is 15.8 Å². The number of carbonyl (C=O) groups excluding carboxylic acids is 2. The van der Waals surface area contributed by atoms with E-state index in [1.54, 1.807) is 25.1 Å². The van der Waals surface area contributed by atoms with Crippen molar-refractivity contribution in [3.05, 3.63) is 88.7 Å². The number of carbonyl (C=O) groups is 2. The molecule has 3 N–H and O–H groups in total. The zero-order chi connectivity index (χ0) is 30.2. The Morgan fingerprint density at radius 2 is 1.73 bits per heavy atom. The number of primary amides is 1. The fraction of sp³-hybridized carbons (Fsp3) is 0.364. The molecule has 1 unspecified atom stereocenters. The van der Waals surface area contributed by atoms with Crippen LogP contribution in [0.3, 0.4) is 0 Å². The van der Waals surface area contributed by atoms with Gasteiger partial charge in [0, 0.05) is 24.5 Å². The van der Waals surface area contributed by atoms with Crippen LogP contribution in [0.2, 0.25) is 12.6 Å². The lowest BCUT2D eigenvalue weighted by atomic mass is 9.25. The number of para-hydroxylation sites is 1. The minimum absolute atomic E-state index is 0.0802. The van der Waals surface area contributed by atoms with Crippen LogP contribution in [0.25, 0.3) is 0 Å². The van der Waals surface area contributed by atoms with Gasteiger partial charge in [0.15, 0.2) is 6.71 Å². The maximum Gasteiger partial charge on any atom is 0.214 e. The average Bonchev–Trinajstić information content (AvgIpc) is 2.95. The third-order valence-electron chi connectivity index (χ3n) is 8.14. The van der Waals surface area contributed by atoms with Crippen molar-refractivity contribution >= 4 is 24.1 Å². The fourth-order valence-corrected chi connectivity index (χ4v) is 5.91. The number of anilines is 1. The normalized spacial score (nSPS) is 14.6. The van der Waals surface area contributed by atoms with Crippen molar-refractivity contribution in [3.63, 3.8) is 0 Å². The van der Waals surface area contributed by atoms with Crippen LogP contribution in [-0.4, -0.2) is 24.9 Å². The van der Waals surface area contributed by atoms with Crippen LogP contribution in [0.5, 0.6) is 11.5 Å². The van der Waals surface area contributed by atoms with Crippen molar-refractivity contribution in [2.75, 3.05) is 11.9 Å². The zero-order valence-corrected chi connectivity index (χ0v) is 24.6. The molecule has 8 heteroatoms. The summed E-state index contributed by atoms with van der Waals surface area (Å²) < 4.78 is 20.9. The number of hydrogen-bond acceptors (Lipinski definition) is 5. The number of hydrogen-bond donors (Lipinski definition) is 2. The van der Waals surface area contributed by atoms with E-state index < -0.39 is 5.31 Å². The molecule has 0 spiro atoms. The van der Waals surface area contributed by atoms with Crippen molar-refractivity contribution < 1.29 is 18.7 Å². The molecule has 1 saturated heterocycles. The SMILES string of the molecule is CC(N)=O.CCNc1cc(F)cc(C(C)(B2CCC(c3ccccc3Oc3ccc(C#N)cc3)CC2)C(C)=O)c1C. The number of amides is 1. The number of ketones is 1. The van der Waals surface area contributed by atoms with Gasteiger partial charge in [-0.05, 0) is 85.8 Å². The number of rotatable bonds is 8. The molecule has 41 heavy (non-hydrogen) atoms. The van der Waals surface area contributed by atoms with Gasteiger partial charge in [0.2, 0.25) is 5.91 Å². The first-order chi connectivity index (χ1) is 19.5. The largest absolute Gasteiger partial charge is 0.457 e. The lowest BCUT2D eigenvalue weighted by Crippen LogP contribution is -2.48. The molecular formula is C33H39BFN3O3. The molecule has 6 nitrogen and oxygen atoms in total. The Morgan fingerprint density at radius 1 is 1.12 bits per heavy atom. The minimum atomic E-state index is -0.750. The standard InChI is InChI=1S/C31H34BFN2O2.C2H5NO/c1-5-35-29-19-25(33)18-28(21(29)2)31(4,22(3)36)32-16-14-24(15-17-32)27-8-6-7-9-30(27)37-26-12-10-23(20-34)11-13-26;1-2(3)4/h6-13,18-19,24,35H,5,14-17H2,1-4H3;1H3,(H2,3,4). The smallest absolute Gasteiger partial charge is 0.214 e. The van der Waals surface area contributed by atoms with Gasteiger partial charge in [-0.3, -0.25) is 9.59 Å². The predicted octanol–water partition coefficient (Wildman–Crippen LogP) is 7.18. The molecule has 0 radical (unpaired) electrons. The Kier molecular flexibility index (Phi) is 10.7. The average molecular weight is 556 g/mol. The number of nitrogens with one attached hydrogen (secondary N) is 1. The molecule has 3 aromatic rings. The number of halogens is 1. The number of nitrogens with zero attached hydrogens (tertiary/aromatic N) is 1. The minimum Gasteiger partial charge on any atom is -0.457 e. The van der Waals surface area contributed by atoms with Crippen molar-refractivity contribution in [2.45, 2.75) is 71.3 Å². The van der Waals surface area contributed by atoms with E-state index in [4.69, 9.17) is 10.00 Å². The van der Waals surface area contributed by atoms with Crippen LogP contribution in [0.15, 0.2) is 60.7 Å². The molecular weight excluding hydrogens is 516 g/mol. The summed E-state index contributed by atoms with van der Waals surface area (Å²) in [5, 5.41) is 11.6. The molecule has 0 aromatic heterocycles. The lowest BCUT2D eigenvalue weighted by Gasteiger charge is -2.40. The Labute approximate surface area is 243 Å². The third-order valence-corrected chi connectivity index (χ3v) is 8.14. The highest BCUT2D eigenvalue weighted by Crippen LogP contribution is 2.45.